The van der Waals surface area contributed by atoms with Gasteiger partial charge in [-0.15, -0.1) is 0 Å². The summed E-state index contributed by atoms with van der Waals surface area (Å²) < 4.78 is 38.1. The molecule has 0 aliphatic carbocycles. The molecule has 2 rings (SSSR count). The fourth-order valence-corrected chi connectivity index (χ4v) is 2.33. The molecule has 1 aliphatic heterocycles. The van der Waals surface area contributed by atoms with Crippen LogP contribution in [0.15, 0.2) is 6.07 Å². The maximum atomic E-state index is 12.7. The summed E-state index contributed by atoms with van der Waals surface area (Å²) in [6.07, 6.45) is -2.56. The summed E-state index contributed by atoms with van der Waals surface area (Å²) in [6, 6.07) is 1.57. The Bertz CT molecular complexity index is 461. The Morgan fingerprint density at radius 3 is 2.58 bits per heavy atom. The van der Waals surface area contributed by atoms with E-state index in [2.05, 4.69) is 16.9 Å². The average Bonchev–Trinajstić information content (AvgIpc) is 2.30. The van der Waals surface area contributed by atoms with Gasteiger partial charge in [-0.05, 0) is 25.7 Å². The number of nitrogens with zero attached hydrogens (tertiary/aromatic N) is 3. The molecule has 2 N–H and O–H groups in total. The fraction of sp³-hybridized carbons (Fsp3) is 0.667. The molecule has 0 bridgehead atoms. The van der Waals surface area contributed by atoms with Crippen LogP contribution in [0, 0.1) is 5.92 Å². The quantitative estimate of drug-likeness (QED) is 0.855. The maximum Gasteiger partial charge on any atom is 0.451 e. The molecule has 2 atom stereocenters. The van der Waals surface area contributed by atoms with Crippen LogP contribution in [0.5, 0.6) is 0 Å². The molecule has 0 spiro atoms. The molecule has 1 aliphatic rings. The first kappa shape index (κ1) is 13.9. The molecule has 0 amide bonds. The molecule has 4 nitrogen and oxygen atoms in total. The van der Waals surface area contributed by atoms with Crippen molar-refractivity contribution in [3.05, 3.63) is 11.9 Å². The van der Waals surface area contributed by atoms with E-state index in [4.69, 9.17) is 5.73 Å². The van der Waals surface area contributed by atoms with Gasteiger partial charge in [-0.1, -0.05) is 6.92 Å². The molecule has 2 unspecified atom stereocenters. The average molecular weight is 274 g/mol. The SMILES string of the molecule is CC1CCC(C)N(c2cc(N)nc(C(F)(F)F)n2)C1. The minimum absolute atomic E-state index is 0.150. The second-order valence-electron chi connectivity index (χ2n) is 5.16. The minimum Gasteiger partial charge on any atom is -0.384 e. The van der Waals surface area contributed by atoms with Gasteiger partial charge in [0.1, 0.15) is 11.6 Å². The molecule has 106 valence electrons. The first-order valence-electron chi connectivity index (χ1n) is 6.25. The minimum atomic E-state index is -4.57. The summed E-state index contributed by atoms with van der Waals surface area (Å²) in [4.78, 5) is 8.76. The van der Waals surface area contributed by atoms with E-state index < -0.39 is 12.0 Å². The Kier molecular flexibility index (Phi) is 3.56. The second kappa shape index (κ2) is 4.86. The van der Waals surface area contributed by atoms with Crippen LogP contribution in [0.3, 0.4) is 0 Å². The highest BCUT2D eigenvalue weighted by atomic mass is 19.4. The van der Waals surface area contributed by atoms with Gasteiger partial charge >= 0.3 is 6.18 Å². The zero-order chi connectivity index (χ0) is 14.2. The number of aromatic nitrogens is 2. The Balaban J connectivity index is 2.36. The molecule has 1 saturated heterocycles. The van der Waals surface area contributed by atoms with Crippen molar-refractivity contribution in [1.29, 1.82) is 0 Å². The van der Waals surface area contributed by atoms with Crippen molar-refractivity contribution in [1.82, 2.24) is 9.97 Å². The van der Waals surface area contributed by atoms with Gasteiger partial charge < -0.3 is 10.6 Å². The van der Waals surface area contributed by atoms with Crippen molar-refractivity contribution in [3.63, 3.8) is 0 Å². The lowest BCUT2D eigenvalue weighted by molar-refractivity contribution is -0.144. The summed E-state index contributed by atoms with van der Waals surface area (Å²) >= 11 is 0. The van der Waals surface area contributed by atoms with Crippen molar-refractivity contribution in [2.45, 2.75) is 38.9 Å². The van der Waals surface area contributed by atoms with Crippen LogP contribution in [-0.2, 0) is 6.18 Å². The summed E-state index contributed by atoms with van der Waals surface area (Å²) in [5, 5.41) is 0. The van der Waals surface area contributed by atoms with E-state index in [-0.39, 0.29) is 17.7 Å². The van der Waals surface area contributed by atoms with E-state index in [1.807, 2.05) is 11.8 Å². The zero-order valence-corrected chi connectivity index (χ0v) is 10.9. The second-order valence-corrected chi connectivity index (χ2v) is 5.16. The predicted octanol–water partition coefficient (Wildman–Crippen LogP) is 2.70. The number of halogens is 3. The molecular weight excluding hydrogens is 257 g/mol. The summed E-state index contributed by atoms with van der Waals surface area (Å²) in [5.41, 5.74) is 5.47. The molecular formula is C12H17F3N4. The standard InChI is InChI=1S/C12H17F3N4/c1-7-3-4-8(2)19(6-7)10-5-9(16)17-11(18-10)12(13,14)15/h5,7-8H,3-4,6H2,1-2H3,(H2,16,17,18). The number of hydrogen-bond acceptors (Lipinski definition) is 4. The third kappa shape index (κ3) is 3.08. The molecule has 1 fully saturated rings. The van der Waals surface area contributed by atoms with E-state index in [1.54, 1.807) is 0 Å². The largest absolute Gasteiger partial charge is 0.451 e. The third-order valence-corrected chi connectivity index (χ3v) is 3.40. The van der Waals surface area contributed by atoms with Gasteiger partial charge in [0.05, 0.1) is 0 Å². The molecule has 19 heavy (non-hydrogen) atoms. The Labute approximate surface area is 109 Å². The number of alkyl halides is 3. The van der Waals surface area contributed by atoms with E-state index in [0.29, 0.717) is 12.5 Å². The van der Waals surface area contributed by atoms with Crippen LogP contribution in [0.1, 0.15) is 32.5 Å². The molecule has 0 aromatic carbocycles. The lowest BCUT2D eigenvalue weighted by Gasteiger charge is -2.37. The van der Waals surface area contributed by atoms with Crippen LogP contribution in [0.4, 0.5) is 24.8 Å². The monoisotopic (exact) mass is 274 g/mol. The Morgan fingerprint density at radius 2 is 1.95 bits per heavy atom. The van der Waals surface area contributed by atoms with Gasteiger partial charge in [-0.25, -0.2) is 9.97 Å². The van der Waals surface area contributed by atoms with Crippen LogP contribution >= 0.6 is 0 Å². The number of hydrogen-bond donors (Lipinski definition) is 1. The lowest BCUT2D eigenvalue weighted by Crippen LogP contribution is -2.42. The molecule has 0 radical (unpaired) electrons. The maximum absolute atomic E-state index is 12.7. The highest BCUT2D eigenvalue weighted by Gasteiger charge is 2.36. The normalized spacial score (nSPS) is 24.6. The topological polar surface area (TPSA) is 55.0 Å². The van der Waals surface area contributed by atoms with E-state index in [1.165, 1.54) is 6.07 Å². The predicted molar refractivity (Wildman–Crippen MR) is 66.7 cm³/mol. The summed E-state index contributed by atoms with van der Waals surface area (Å²) in [6.45, 7) is 4.75. The number of piperidine rings is 1. The number of anilines is 2. The van der Waals surface area contributed by atoms with Crippen LogP contribution < -0.4 is 10.6 Å². The van der Waals surface area contributed by atoms with Crippen molar-refractivity contribution >= 4 is 11.6 Å². The zero-order valence-electron chi connectivity index (χ0n) is 10.9. The fourth-order valence-electron chi connectivity index (χ4n) is 2.33. The smallest absolute Gasteiger partial charge is 0.384 e. The van der Waals surface area contributed by atoms with Gasteiger partial charge in [0.15, 0.2) is 0 Å². The number of nitrogens with two attached hydrogens (primary N) is 1. The highest BCUT2D eigenvalue weighted by Crippen LogP contribution is 2.31. The van der Waals surface area contributed by atoms with Crippen molar-refractivity contribution in [2.24, 2.45) is 5.92 Å². The number of rotatable bonds is 1. The summed E-state index contributed by atoms with van der Waals surface area (Å²) in [5.74, 6) is -0.628. The van der Waals surface area contributed by atoms with Crippen molar-refractivity contribution < 1.29 is 13.2 Å². The summed E-state index contributed by atoms with van der Waals surface area (Å²) in [7, 11) is 0. The van der Waals surface area contributed by atoms with Gasteiger partial charge in [-0.3, -0.25) is 0 Å². The van der Waals surface area contributed by atoms with Crippen LogP contribution in [0.2, 0.25) is 0 Å². The van der Waals surface area contributed by atoms with Crippen molar-refractivity contribution in [3.8, 4) is 0 Å². The molecule has 0 saturated carbocycles. The van der Waals surface area contributed by atoms with E-state index >= 15 is 0 Å². The Hall–Kier alpha value is -1.53. The molecule has 1 aromatic heterocycles. The van der Waals surface area contributed by atoms with E-state index in [0.717, 1.165) is 12.8 Å². The van der Waals surface area contributed by atoms with Gasteiger partial charge in [0, 0.05) is 18.7 Å². The van der Waals surface area contributed by atoms with Gasteiger partial charge in [0.2, 0.25) is 5.82 Å². The first-order chi connectivity index (χ1) is 8.77. The lowest BCUT2D eigenvalue weighted by atomic mass is 9.95. The molecule has 2 heterocycles. The first-order valence-corrected chi connectivity index (χ1v) is 6.25. The molecule has 1 aromatic rings. The van der Waals surface area contributed by atoms with E-state index in [9.17, 15) is 13.2 Å². The number of nitrogen functional groups attached to an aromatic ring is 1. The van der Waals surface area contributed by atoms with Gasteiger partial charge in [0.25, 0.3) is 0 Å². The third-order valence-electron chi connectivity index (χ3n) is 3.40. The van der Waals surface area contributed by atoms with Gasteiger partial charge in [-0.2, -0.15) is 13.2 Å². The van der Waals surface area contributed by atoms with Crippen LogP contribution in [0.25, 0.3) is 0 Å². The molecule has 7 heteroatoms. The van der Waals surface area contributed by atoms with Crippen LogP contribution in [-0.4, -0.2) is 22.6 Å². The highest BCUT2D eigenvalue weighted by molar-refractivity contribution is 5.48. The Morgan fingerprint density at radius 1 is 1.26 bits per heavy atom. The van der Waals surface area contributed by atoms with Crippen molar-refractivity contribution in [2.75, 3.05) is 17.2 Å².